The van der Waals surface area contributed by atoms with Gasteiger partial charge in [0.25, 0.3) is 0 Å². The summed E-state index contributed by atoms with van der Waals surface area (Å²) in [5, 5.41) is 0. The van der Waals surface area contributed by atoms with E-state index >= 15 is 0 Å². The Kier molecular flexibility index (Phi) is 6.30. The third kappa shape index (κ3) is 3.75. The zero-order chi connectivity index (χ0) is 25.2. The summed E-state index contributed by atoms with van der Waals surface area (Å²) < 4.78 is 10.1. The monoisotopic (exact) mass is 504 g/mol. The molecule has 1 fully saturated rings. The van der Waals surface area contributed by atoms with E-state index in [1.807, 2.05) is 0 Å². The van der Waals surface area contributed by atoms with Gasteiger partial charge >= 0.3 is 16.8 Å². The molecule has 0 bridgehead atoms. The van der Waals surface area contributed by atoms with Crippen molar-refractivity contribution in [3.63, 3.8) is 0 Å². The molecule has 180 valence electrons. The first kappa shape index (κ1) is 23.7. The summed E-state index contributed by atoms with van der Waals surface area (Å²) in [5.41, 5.74) is 8.93. The average molecular weight is 505 g/mol. The van der Waals surface area contributed by atoms with E-state index in [4.69, 9.17) is 0 Å². The van der Waals surface area contributed by atoms with Crippen LogP contribution in [0.4, 0.5) is 22.7 Å². The molecule has 0 spiro atoms. The third-order valence-corrected chi connectivity index (χ3v) is 14.1. The summed E-state index contributed by atoms with van der Waals surface area (Å²) in [6, 6.07) is 42.8. The molecule has 1 heterocycles. The van der Waals surface area contributed by atoms with Crippen LogP contribution in [0, 0.1) is 0 Å². The van der Waals surface area contributed by atoms with Gasteiger partial charge in [0, 0.05) is 22.7 Å². The molecule has 0 radical (unpaired) electrons. The van der Waals surface area contributed by atoms with Crippen molar-refractivity contribution >= 4 is 39.5 Å². The molecule has 0 saturated carbocycles. The van der Waals surface area contributed by atoms with Crippen molar-refractivity contribution in [3.8, 4) is 0 Å². The molecule has 1 saturated heterocycles. The summed E-state index contributed by atoms with van der Waals surface area (Å²) in [6.45, 7) is 13.6. The molecule has 36 heavy (non-hydrogen) atoms. The molecule has 1 aliphatic heterocycles. The Hall–Kier alpha value is -4.01. The number of benzene rings is 4. The number of hydrogen-bond acceptors (Lipinski definition) is 4. The molecule has 0 atom stereocenters. The van der Waals surface area contributed by atoms with Crippen LogP contribution in [-0.4, -0.2) is 16.8 Å². The quantitative estimate of drug-likeness (QED) is 0.253. The fourth-order valence-electron chi connectivity index (χ4n) is 5.12. The van der Waals surface area contributed by atoms with Gasteiger partial charge < -0.3 is 0 Å². The van der Waals surface area contributed by atoms with Gasteiger partial charge in [0.15, 0.2) is 0 Å². The summed E-state index contributed by atoms with van der Waals surface area (Å²) in [7, 11) is -5.36. The van der Waals surface area contributed by atoms with E-state index in [1.54, 1.807) is 0 Å². The van der Waals surface area contributed by atoms with Crippen molar-refractivity contribution in [2.45, 2.75) is 13.1 Å². The summed E-state index contributed by atoms with van der Waals surface area (Å²) in [6.07, 6.45) is 0. The van der Waals surface area contributed by atoms with Crippen LogP contribution in [0.25, 0.3) is 0 Å². The summed E-state index contributed by atoms with van der Waals surface area (Å²) in [5.74, 6) is 0. The average Bonchev–Trinajstić information content (AvgIpc) is 2.95. The minimum atomic E-state index is -2.68. The highest BCUT2D eigenvalue weighted by Crippen LogP contribution is 2.45. The molecular formula is C30H32N4Si2. The second kappa shape index (κ2) is 9.56. The van der Waals surface area contributed by atoms with Crippen LogP contribution in [0.2, 0.25) is 13.1 Å². The van der Waals surface area contributed by atoms with Crippen LogP contribution in [0.15, 0.2) is 146 Å². The molecular weight excluding hydrogens is 473 g/mol. The van der Waals surface area contributed by atoms with E-state index in [0.717, 1.165) is 22.7 Å². The molecule has 0 unspecified atom stereocenters. The van der Waals surface area contributed by atoms with E-state index in [2.05, 4.69) is 178 Å². The van der Waals surface area contributed by atoms with Gasteiger partial charge in [-0.15, -0.1) is 13.2 Å². The Balaban J connectivity index is 1.89. The number of rotatable bonds is 6. The Morgan fingerprint density at radius 2 is 0.611 bits per heavy atom. The Labute approximate surface area is 216 Å². The lowest BCUT2D eigenvalue weighted by Crippen LogP contribution is -2.88. The van der Waals surface area contributed by atoms with Crippen molar-refractivity contribution < 1.29 is 0 Å². The second-order valence-electron chi connectivity index (χ2n) is 9.19. The lowest BCUT2D eigenvalue weighted by Gasteiger charge is -2.67. The van der Waals surface area contributed by atoms with Crippen LogP contribution < -0.4 is 18.7 Å². The van der Waals surface area contributed by atoms with Crippen LogP contribution in [-0.2, 0) is 0 Å². The smallest absolute Gasteiger partial charge is 0.292 e. The first-order chi connectivity index (χ1) is 17.5. The number of anilines is 4. The van der Waals surface area contributed by atoms with Gasteiger partial charge in [0.2, 0.25) is 0 Å². The maximum atomic E-state index is 4.45. The molecule has 5 rings (SSSR count). The highest BCUT2D eigenvalue weighted by molar-refractivity contribution is 7.01. The van der Waals surface area contributed by atoms with Gasteiger partial charge in [-0.05, 0) is 61.6 Å². The number of hydrazine groups is 2. The van der Waals surface area contributed by atoms with Crippen molar-refractivity contribution in [1.29, 1.82) is 0 Å². The molecule has 1 aliphatic rings. The molecule has 4 nitrogen and oxygen atoms in total. The fourth-order valence-corrected chi connectivity index (χ4v) is 13.4. The van der Waals surface area contributed by atoms with Gasteiger partial charge in [-0.25, -0.2) is 0 Å². The van der Waals surface area contributed by atoms with E-state index in [0.29, 0.717) is 0 Å². The molecule has 6 heteroatoms. The minimum Gasteiger partial charge on any atom is -0.292 e. The third-order valence-electron chi connectivity index (χ3n) is 6.89. The molecule has 4 aromatic carbocycles. The molecule has 4 aromatic rings. The first-order valence-electron chi connectivity index (χ1n) is 12.2. The standard InChI is InChI=1S/C30H32N4Si2/c1-5-35(3)31(27-19-11-7-12-20-27)33(29-23-15-9-16-24-29)36(4,6-2)34(30-25-17-10-18-26-30)32(35)28-21-13-8-14-22-28/h5-26H,1-2H2,3-4H3. The van der Waals surface area contributed by atoms with Gasteiger partial charge in [0.1, 0.15) is 0 Å². The van der Waals surface area contributed by atoms with E-state index in [1.165, 1.54) is 0 Å². The Morgan fingerprint density at radius 3 is 0.778 bits per heavy atom. The highest BCUT2D eigenvalue weighted by Gasteiger charge is 2.60. The lowest BCUT2D eigenvalue weighted by atomic mass is 10.3. The SMILES string of the molecule is C=C[Si]1(C)N(c2ccccc2)N(c2ccccc2)[Si](C)(C=C)N(c2ccccc2)N1c1ccccc1. The van der Waals surface area contributed by atoms with Gasteiger partial charge in [-0.2, -0.15) is 0 Å². The van der Waals surface area contributed by atoms with E-state index in [-0.39, 0.29) is 0 Å². The van der Waals surface area contributed by atoms with Crippen LogP contribution in [0.3, 0.4) is 0 Å². The second-order valence-corrected chi connectivity index (χ2v) is 16.1. The highest BCUT2D eigenvalue weighted by atomic mass is 28.4. The largest absolute Gasteiger partial charge is 0.324 e. The maximum absolute atomic E-state index is 4.45. The topological polar surface area (TPSA) is 13.0 Å². The lowest BCUT2D eigenvalue weighted by molar-refractivity contribution is 0.908. The minimum absolute atomic E-state index is 1.14. The number of para-hydroxylation sites is 4. The van der Waals surface area contributed by atoms with Gasteiger partial charge in [-0.3, -0.25) is 18.7 Å². The predicted molar refractivity (Wildman–Crippen MR) is 159 cm³/mol. The zero-order valence-corrected chi connectivity index (χ0v) is 22.9. The molecule has 0 N–H and O–H groups in total. The van der Waals surface area contributed by atoms with E-state index in [9.17, 15) is 0 Å². The van der Waals surface area contributed by atoms with E-state index < -0.39 is 16.8 Å². The Bertz CT molecular complexity index is 1120. The van der Waals surface area contributed by atoms with Crippen molar-refractivity contribution in [2.75, 3.05) is 18.7 Å². The molecule has 0 aromatic heterocycles. The normalized spacial score (nSPS) is 21.8. The van der Waals surface area contributed by atoms with Crippen molar-refractivity contribution in [3.05, 3.63) is 146 Å². The van der Waals surface area contributed by atoms with Crippen molar-refractivity contribution in [1.82, 2.24) is 0 Å². The number of hydrogen-bond donors (Lipinski definition) is 0. The predicted octanol–water partition coefficient (Wildman–Crippen LogP) is 7.45. The fraction of sp³-hybridized carbons (Fsp3) is 0.0667. The van der Waals surface area contributed by atoms with Crippen LogP contribution in [0.1, 0.15) is 0 Å². The number of nitrogens with zero attached hydrogens (tertiary/aromatic N) is 4. The molecule has 0 aliphatic carbocycles. The van der Waals surface area contributed by atoms with Gasteiger partial charge in [-0.1, -0.05) is 84.2 Å². The summed E-state index contributed by atoms with van der Waals surface area (Å²) in [4.78, 5) is 0. The zero-order valence-electron chi connectivity index (χ0n) is 20.9. The van der Waals surface area contributed by atoms with Crippen molar-refractivity contribution in [2.24, 2.45) is 0 Å². The van der Waals surface area contributed by atoms with Gasteiger partial charge in [0.05, 0.1) is 0 Å². The first-order valence-corrected chi connectivity index (χ1v) is 17.2. The Morgan fingerprint density at radius 1 is 0.417 bits per heavy atom. The maximum Gasteiger partial charge on any atom is 0.324 e. The summed E-state index contributed by atoms with van der Waals surface area (Å²) >= 11 is 0. The van der Waals surface area contributed by atoms with Crippen LogP contribution in [0.5, 0.6) is 0 Å². The molecule has 0 amide bonds. The van der Waals surface area contributed by atoms with Crippen LogP contribution >= 0.6 is 0 Å².